The van der Waals surface area contributed by atoms with Crippen molar-refractivity contribution >= 4 is 11.9 Å². The molecule has 0 aromatic heterocycles. The van der Waals surface area contributed by atoms with Crippen LogP contribution in [0.25, 0.3) is 0 Å². The van der Waals surface area contributed by atoms with Crippen molar-refractivity contribution in [2.45, 2.75) is 116 Å². The van der Waals surface area contributed by atoms with Gasteiger partial charge in [-0.25, -0.2) is 4.79 Å². The summed E-state index contributed by atoms with van der Waals surface area (Å²) in [6.07, 6.45) is 15.6. The lowest BCUT2D eigenvalue weighted by molar-refractivity contribution is -0.148. The third kappa shape index (κ3) is 16.8. The van der Waals surface area contributed by atoms with Gasteiger partial charge >= 0.3 is 5.97 Å². The molecule has 1 amide bonds. The molecule has 0 aromatic carbocycles. The second-order valence-corrected chi connectivity index (χ2v) is 7.50. The molecule has 27 heavy (non-hydrogen) atoms. The van der Waals surface area contributed by atoms with E-state index in [1.807, 2.05) is 0 Å². The summed E-state index contributed by atoms with van der Waals surface area (Å²) in [5.74, 6) is -0.343. The molecule has 0 aliphatic heterocycles. The van der Waals surface area contributed by atoms with Crippen molar-refractivity contribution in [3.05, 3.63) is 0 Å². The fourth-order valence-corrected chi connectivity index (χ4v) is 3.02. The van der Waals surface area contributed by atoms with E-state index in [1.54, 1.807) is 0 Å². The lowest BCUT2D eigenvalue weighted by Crippen LogP contribution is -2.42. The summed E-state index contributed by atoms with van der Waals surface area (Å²) in [4.78, 5) is 24.4. The Balaban J connectivity index is 3.96. The Morgan fingerprint density at radius 3 is 2.00 bits per heavy atom. The summed E-state index contributed by atoms with van der Waals surface area (Å²) in [6.45, 7) is 5.32. The van der Waals surface area contributed by atoms with Gasteiger partial charge in [-0.1, -0.05) is 71.6 Å². The van der Waals surface area contributed by atoms with Gasteiger partial charge in [-0.15, -0.1) is 0 Å². The van der Waals surface area contributed by atoms with E-state index in [0.29, 0.717) is 26.0 Å². The first kappa shape index (κ1) is 25.9. The number of esters is 1. The molecule has 0 aliphatic carbocycles. The number of nitrogens with two attached hydrogens (primary N) is 1. The van der Waals surface area contributed by atoms with E-state index >= 15 is 0 Å². The van der Waals surface area contributed by atoms with Crippen LogP contribution in [0, 0.1) is 0 Å². The number of hydrogen-bond acceptors (Lipinski definition) is 4. The molecule has 0 rings (SSSR count). The highest BCUT2D eigenvalue weighted by molar-refractivity contribution is 5.84. The van der Waals surface area contributed by atoms with Crippen molar-refractivity contribution < 1.29 is 14.3 Å². The van der Waals surface area contributed by atoms with Gasteiger partial charge in [0, 0.05) is 6.42 Å². The average Bonchev–Trinajstić information content (AvgIpc) is 2.66. The number of amides is 1. The maximum atomic E-state index is 12.2. The first-order chi connectivity index (χ1) is 13.2. The van der Waals surface area contributed by atoms with Crippen molar-refractivity contribution in [1.29, 1.82) is 0 Å². The zero-order chi connectivity index (χ0) is 20.2. The van der Waals surface area contributed by atoms with E-state index in [-0.39, 0.29) is 11.9 Å². The van der Waals surface area contributed by atoms with Crippen LogP contribution in [0.3, 0.4) is 0 Å². The van der Waals surface area contributed by atoms with Crippen molar-refractivity contribution in [3.63, 3.8) is 0 Å². The minimum absolute atomic E-state index is 0.0388. The Kier molecular flexibility index (Phi) is 18.9. The zero-order valence-corrected chi connectivity index (χ0v) is 17.9. The Hall–Kier alpha value is -1.10. The molecule has 0 heterocycles. The van der Waals surface area contributed by atoms with Gasteiger partial charge in [0.15, 0.2) is 0 Å². The van der Waals surface area contributed by atoms with Crippen LogP contribution in [0.1, 0.15) is 110 Å². The highest BCUT2D eigenvalue weighted by Crippen LogP contribution is 2.11. The summed E-state index contributed by atoms with van der Waals surface area (Å²) in [5, 5.41) is 2.87. The standard InChI is InChI=1S/C22H44N2O3/c1-3-5-7-8-9-10-11-12-13-17-21(25)24-20(16-14-15-18-23)22(26)27-19-6-4-2/h20H,3-19,23H2,1-2H3,(H,24,25)/t20-/m0/s1. The normalized spacial score (nSPS) is 12.0. The first-order valence-electron chi connectivity index (χ1n) is 11.3. The largest absolute Gasteiger partial charge is 0.464 e. The van der Waals surface area contributed by atoms with Crippen LogP contribution in [-0.2, 0) is 14.3 Å². The molecule has 3 N–H and O–H groups in total. The summed E-state index contributed by atoms with van der Waals surface area (Å²) in [6, 6.07) is -0.528. The highest BCUT2D eigenvalue weighted by atomic mass is 16.5. The minimum Gasteiger partial charge on any atom is -0.464 e. The monoisotopic (exact) mass is 384 g/mol. The van der Waals surface area contributed by atoms with E-state index in [1.165, 1.54) is 44.9 Å². The van der Waals surface area contributed by atoms with Crippen LogP contribution >= 0.6 is 0 Å². The molecule has 0 saturated carbocycles. The molecular weight excluding hydrogens is 340 g/mol. The van der Waals surface area contributed by atoms with Gasteiger partial charge in [0.1, 0.15) is 6.04 Å². The van der Waals surface area contributed by atoms with E-state index in [0.717, 1.165) is 38.5 Å². The van der Waals surface area contributed by atoms with E-state index < -0.39 is 6.04 Å². The molecule has 0 unspecified atom stereocenters. The fourth-order valence-electron chi connectivity index (χ4n) is 3.02. The maximum Gasteiger partial charge on any atom is 0.328 e. The number of rotatable bonds is 19. The predicted octanol–water partition coefficient (Wildman–Crippen LogP) is 4.86. The summed E-state index contributed by atoms with van der Waals surface area (Å²) in [7, 11) is 0. The van der Waals surface area contributed by atoms with Gasteiger partial charge in [-0.2, -0.15) is 0 Å². The predicted molar refractivity (Wildman–Crippen MR) is 113 cm³/mol. The van der Waals surface area contributed by atoms with Crippen LogP contribution in [0.15, 0.2) is 0 Å². The minimum atomic E-state index is -0.528. The van der Waals surface area contributed by atoms with Gasteiger partial charge in [0.2, 0.25) is 5.91 Å². The molecule has 0 radical (unpaired) electrons. The third-order valence-corrected chi connectivity index (χ3v) is 4.82. The molecule has 160 valence electrons. The third-order valence-electron chi connectivity index (χ3n) is 4.82. The van der Waals surface area contributed by atoms with Gasteiger partial charge in [-0.05, 0) is 38.6 Å². The quantitative estimate of drug-likeness (QED) is 0.246. The van der Waals surface area contributed by atoms with Crippen LogP contribution in [0.5, 0.6) is 0 Å². The van der Waals surface area contributed by atoms with Crippen molar-refractivity contribution in [2.24, 2.45) is 5.73 Å². The molecule has 0 spiro atoms. The molecule has 0 fully saturated rings. The molecular formula is C22H44N2O3. The smallest absolute Gasteiger partial charge is 0.328 e. The topological polar surface area (TPSA) is 81.4 Å². The average molecular weight is 385 g/mol. The maximum absolute atomic E-state index is 12.2. The Morgan fingerprint density at radius 1 is 0.815 bits per heavy atom. The van der Waals surface area contributed by atoms with Crippen molar-refractivity contribution in [1.82, 2.24) is 5.32 Å². The molecule has 5 nitrogen and oxygen atoms in total. The number of carbonyl (C=O) groups excluding carboxylic acids is 2. The molecule has 0 aromatic rings. The Labute approximate surface area is 167 Å². The van der Waals surface area contributed by atoms with E-state index in [2.05, 4.69) is 19.2 Å². The Bertz CT molecular complexity index is 361. The van der Waals surface area contributed by atoms with E-state index in [4.69, 9.17) is 10.5 Å². The summed E-state index contributed by atoms with van der Waals surface area (Å²) in [5.41, 5.74) is 5.53. The number of unbranched alkanes of at least 4 members (excludes halogenated alkanes) is 10. The second-order valence-electron chi connectivity index (χ2n) is 7.50. The number of carbonyl (C=O) groups is 2. The van der Waals surface area contributed by atoms with Crippen molar-refractivity contribution in [3.8, 4) is 0 Å². The first-order valence-corrected chi connectivity index (χ1v) is 11.3. The summed E-state index contributed by atoms with van der Waals surface area (Å²) < 4.78 is 5.29. The molecule has 0 aliphatic rings. The molecule has 0 saturated heterocycles. The molecule has 1 atom stereocenters. The van der Waals surface area contributed by atoms with Crippen LogP contribution in [0.4, 0.5) is 0 Å². The van der Waals surface area contributed by atoms with Crippen LogP contribution < -0.4 is 11.1 Å². The lowest BCUT2D eigenvalue weighted by atomic mass is 10.1. The summed E-state index contributed by atoms with van der Waals surface area (Å²) >= 11 is 0. The van der Waals surface area contributed by atoms with Gasteiger partial charge < -0.3 is 15.8 Å². The van der Waals surface area contributed by atoms with E-state index in [9.17, 15) is 9.59 Å². The number of nitrogens with one attached hydrogen (secondary N) is 1. The highest BCUT2D eigenvalue weighted by Gasteiger charge is 2.21. The Morgan fingerprint density at radius 2 is 1.41 bits per heavy atom. The van der Waals surface area contributed by atoms with Crippen molar-refractivity contribution in [2.75, 3.05) is 13.2 Å². The van der Waals surface area contributed by atoms with Gasteiger partial charge in [0.05, 0.1) is 6.61 Å². The zero-order valence-electron chi connectivity index (χ0n) is 17.9. The second kappa shape index (κ2) is 19.7. The number of hydrogen-bond donors (Lipinski definition) is 2. The SMILES string of the molecule is CCCCCCCCCCCC(=O)N[C@@H](CCCCN)C(=O)OCCCC. The lowest BCUT2D eigenvalue weighted by Gasteiger charge is -2.17. The molecule has 0 bridgehead atoms. The molecule has 5 heteroatoms. The number of ether oxygens (including phenoxy) is 1. The van der Waals surface area contributed by atoms with Crippen LogP contribution in [0.2, 0.25) is 0 Å². The van der Waals surface area contributed by atoms with Gasteiger partial charge in [0.25, 0.3) is 0 Å². The fraction of sp³-hybridized carbons (Fsp3) is 0.909. The van der Waals surface area contributed by atoms with Crippen LogP contribution in [-0.4, -0.2) is 31.1 Å². The van der Waals surface area contributed by atoms with Gasteiger partial charge in [-0.3, -0.25) is 4.79 Å².